The molecule has 17 heavy (non-hydrogen) atoms. The first kappa shape index (κ1) is 11.7. The van der Waals surface area contributed by atoms with Gasteiger partial charge in [0.2, 0.25) is 0 Å². The van der Waals surface area contributed by atoms with Gasteiger partial charge < -0.3 is 0 Å². The van der Waals surface area contributed by atoms with E-state index in [0.29, 0.717) is 6.42 Å². The minimum atomic E-state index is -0.267. The van der Waals surface area contributed by atoms with Crippen LogP contribution in [-0.4, -0.2) is 5.78 Å². The van der Waals surface area contributed by atoms with Crippen molar-refractivity contribution in [3.8, 4) is 12.3 Å². The van der Waals surface area contributed by atoms with E-state index in [1.165, 1.54) is 16.0 Å². The highest BCUT2D eigenvalue weighted by atomic mass is 16.1. The molecule has 1 aromatic carbocycles. The van der Waals surface area contributed by atoms with E-state index in [1.54, 1.807) is 6.92 Å². The van der Waals surface area contributed by atoms with Crippen LogP contribution in [0.5, 0.6) is 0 Å². The highest BCUT2D eigenvalue weighted by molar-refractivity contribution is 5.82. The Bertz CT molecular complexity index is 587. The molecule has 0 N–H and O–H groups in total. The SMILES string of the molecule is C#C[C@@H](CC1=c2ccccc2=CCC1)C(C)=O. The summed E-state index contributed by atoms with van der Waals surface area (Å²) >= 11 is 0. The van der Waals surface area contributed by atoms with Crippen molar-refractivity contribution in [3.05, 3.63) is 34.7 Å². The molecule has 0 radical (unpaired) electrons. The monoisotopic (exact) mass is 224 g/mol. The molecule has 0 aliphatic heterocycles. The summed E-state index contributed by atoms with van der Waals surface area (Å²) in [5.41, 5.74) is 1.32. The van der Waals surface area contributed by atoms with Crippen molar-refractivity contribution in [2.24, 2.45) is 5.92 Å². The Morgan fingerprint density at radius 1 is 1.47 bits per heavy atom. The van der Waals surface area contributed by atoms with Crippen LogP contribution in [0.4, 0.5) is 0 Å². The Morgan fingerprint density at radius 2 is 2.24 bits per heavy atom. The summed E-state index contributed by atoms with van der Waals surface area (Å²) in [4.78, 5) is 11.4. The fourth-order valence-corrected chi connectivity index (χ4v) is 2.31. The van der Waals surface area contributed by atoms with Gasteiger partial charge in [0.15, 0.2) is 0 Å². The van der Waals surface area contributed by atoms with Crippen LogP contribution in [-0.2, 0) is 4.79 Å². The van der Waals surface area contributed by atoms with Crippen molar-refractivity contribution < 1.29 is 4.79 Å². The number of carbonyl (C=O) groups is 1. The molecule has 0 bridgehead atoms. The van der Waals surface area contributed by atoms with Crippen LogP contribution < -0.4 is 10.4 Å². The average Bonchev–Trinajstić information content (AvgIpc) is 2.35. The molecule has 1 aliphatic rings. The predicted molar refractivity (Wildman–Crippen MR) is 70.4 cm³/mol. The predicted octanol–water partition coefficient (Wildman–Crippen LogP) is 1.64. The van der Waals surface area contributed by atoms with Crippen molar-refractivity contribution in [2.75, 3.05) is 0 Å². The summed E-state index contributed by atoms with van der Waals surface area (Å²) in [5.74, 6) is 2.42. The first-order valence-corrected chi connectivity index (χ1v) is 5.96. The number of rotatable bonds is 3. The summed E-state index contributed by atoms with van der Waals surface area (Å²) in [6, 6.07) is 8.32. The number of ketones is 1. The molecule has 1 aliphatic carbocycles. The molecule has 1 heteroatoms. The van der Waals surface area contributed by atoms with Crippen LogP contribution in [0.1, 0.15) is 26.2 Å². The van der Waals surface area contributed by atoms with Gasteiger partial charge in [-0.1, -0.05) is 41.8 Å². The fourth-order valence-electron chi connectivity index (χ4n) is 2.31. The number of hydrogen-bond acceptors (Lipinski definition) is 1. The van der Waals surface area contributed by atoms with Gasteiger partial charge in [-0.05, 0) is 36.6 Å². The van der Waals surface area contributed by atoms with Crippen molar-refractivity contribution in [2.45, 2.75) is 26.2 Å². The van der Waals surface area contributed by atoms with Gasteiger partial charge in [-0.3, -0.25) is 4.79 Å². The van der Waals surface area contributed by atoms with Crippen LogP contribution in [0.25, 0.3) is 11.6 Å². The summed E-state index contributed by atoms with van der Waals surface area (Å²) in [7, 11) is 0. The van der Waals surface area contributed by atoms with Crippen LogP contribution >= 0.6 is 0 Å². The summed E-state index contributed by atoms with van der Waals surface area (Å²) < 4.78 is 0. The lowest BCUT2D eigenvalue weighted by Crippen LogP contribution is -2.30. The van der Waals surface area contributed by atoms with E-state index in [2.05, 4.69) is 24.1 Å². The second kappa shape index (κ2) is 5.01. The zero-order valence-corrected chi connectivity index (χ0v) is 10.1. The van der Waals surface area contributed by atoms with E-state index in [0.717, 1.165) is 12.8 Å². The number of hydrogen-bond donors (Lipinski definition) is 0. The summed E-state index contributed by atoms with van der Waals surface area (Å²) in [5, 5.41) is 2.54. The molecule has 0 saturated carbocycles. The Morgan fingerprint density at radius 3 is 2.94 bits per heavy atom. The maximum Gasteiger partial charge on any atom is 0.145 e. The molecule has 86 valence electrons. The number of Topliss-reactive ketones (excluding diaryl/α,β-unsaturated/α-hetero) is 1. The van der Waals surface area contributed by atoms with Gasteiger partial charge in [0, 0.05) is 0 Å². The van der Waals surface area contributed by atoms with Crippen molar-refractivity contribution in [1.82, 2.24) is 0 Å². The third-order valence-electron chi connectivity index (χ3n) is 3.29. The minimum Gasteiger partial charge on any atom is -0.299 e. The number of terminal acetylenes is 1. The van der Waals surface area contributed by atoms with Gasteiger partial charge in [-0.25, -0.2) is 0 Å². The van der Waals surface area contributed by atoms with E-state index < -0.39 is 0 Å². The molecular weight excluding hydrogens is 208 g/mol. The van der Waals surface area contributed by atoms with Crippen molar-refractivity contribution in [3.63, 3.8) is 0 Å². The smallest absolute Gasteiger partial charge is 0.145 e. The Kier molecular flexibility index (Phi) is 3.44. The Hall–Kier alpha value is -1.81. The molecule has 1 nitrogen and oxygen atoms in total. The van der Waals surface area contributed by atoms with Gasteiger partial charge in [-0.2, -0.15) is 0 Å². The lowest BCUT2D eigenvalue weighted by Gasteiger charge is -2.13. The molecule has 0 spiro atoms. The number of benzene rings is 1. The second-order valence-electron chi connectivity index (χ2n) is 4.47. The zero-order valence-electron chi connectivity index (χ0n) is 10.1. The Balaban J connectivity index is 2.44. The molecule has 0 amide bonds. The third kappa shape index (κ3) is 2.47. The molecule has 2 rings (SSSR count). The molecule has 0 aromatic heterocycles. The van der Waals surface area contributed by atoms with Crippen LogP contribution in [0.15, 0.2) is 24.3 Å². The van der Waals surface area contributed by atoms with E-state index in [1.807, 2.05) is 12.1 Å². The molecule has 0 saturated heterocycles. The first-order chi connectivity index (χ1) is 8.22. The van der Waals surface area contributed by atoms with Gasteiger partial charge in [0.05, 0.1) is 5.92 Å². The number of fused-ring (bicyclic) bond motifs is 1. The molecule has 0 fully saturated rings. The highest BCUT2D eigenvalue weighted by Gasteiger charge is 2.14. The van der Waals surface area contributed by atoms with Gasteiger partial charge in [-0.15, -0.1) is 6.42 Å². The second-order valence-corrected chi connectivity index (χ2v) is 4.47. The van der Waals surface area contributed by atoms with Gasteiger partial charge >= 0.3 is 0 Å². The Labute approximate surface area is 102 Å². The van der Waals surface area contributed by atoms with Gasteiger partial charge in [0.25, 0.3) is 0 Å². The molecule has 1 aromatic rings. The van der Waals surface area contributed by atoms with E-state index in [-0.39, 0.29) is 11.7 Å². The average molecular weight is 224 g/mol. The quantitative estimate of drug-likeness (QED) is 0.713. The molecular formula is C16H16O. The minimum absolute atomic E-state index is 0.0898. The van der Waals surface area contributed by atoms with E-state index in [9.17, 15) is 4.79 Å². The molecule has 1 atom stereocenters. The fraction of sp³-hybridized carbons (Fsp3) is 0.312. The zero-order chi connectivity index (χ0) is 12.3. The van der Waals surface area contributed by atoms with E-state index >= 15 is 0 Å². The third-order valence-corrected chi connectivity index (χ3v) is 3.29. The number of carbonyl (C=O) groups excluding carboxylic acids is 1. The van der Waals surface area contributed by atoms with Crippen LogP contribution in [0, 0.1) is 18.3 Å². The van der Waals surface area contributed by atoms with Crippen molar-refractivity contribution in [1.29, 1.82) is 0 Å². The molecule has 0 unspecified atom stereocenters. The van der Waals surface area contributed by atoms with Crippen molar-refractivity contribution >= 4 is 17.4 Å². The lowest BCUT2D eigenvalue weighted by molar-refractivity contribution is -0.119. The summed E-state index contributed by atoms with van der Waals surface area (Å²) in [6.07, 6.45) is 10.4. The van der Waals surface area contributed by atoms with Gasteiger partial charge in [0.1, 0.15) is 5.78 Å². The van der Waals surface area contributed by atoms with Crippen LogP contribution in [0.2, 0.25) is 0 Å². The first-order valence-electron chi connectivity index (χ1n) is 5.96. The highest BCUT2D eigenvalue weighted by Crippen LogP contribution is 2.18. The normalized spacial score (nSPS) is 15.4. The topological polar surface area (TPSA) is 17.1 Å². The largest absolute Gasteiger partial charge is 0.299 e. The summed E-state index contributed by atoms with van der Waals surface area (Å²) in [6.45, 7) is 1.58. The lowest BCUT2D eigenvalue weighted by atomic mass is 9.90. The maximum atomic E-state index is 11.4. The standard InChI is InChI=1S/C16H16O/c1-3-13(12(2)17)11-15-9-6-8-14-7-4-5-10-16(14)15/h1,4-5,7-8,10,13H,6,9,11H2,2H3/t13-/m0/s1. The van der Waals surface area contributed by atoms with Crippen LogP contribution in [0.3, 0.4) is 0 Å². The molecule has 0 heterocycles. The van der Waals surface area contributed by atoms with E-state index in [4.69, 9.17) is 6.42 Å². The maximum absolute atomic E-state index is 11.4.